The summed E-state index contributed by atoms with van der Waals surface area (Å²) in [4.78, 5) is 0. The summed E-state index contributed by atoms with van der Waals surface area (Å²) in [6.07, 6.45) is 1.07. The number of nitrogens with one attached hydrogen (secondary N) is 1. The van der Waals surface area contributed by atoms with Gasteiger partial charge in [-0.3, -0.25) is 0 Å². The van der Waals surface area contributed by atoms with E-state index in [4.69, 9.17) is 5.11 Å². The van der Waals surface area contributed by atoms with Crippen molar-refractivity contribution in [2.75, 3.05) is 13.1 Å². The van der Waals surface area contributed by atoms with E-state index in [2.05, 4.69) is 5.32 Å². The van der Waals surface area contributed by atoms with E-state index < -0.39 is 6.17 Å². The van der Waals surface area contributed by atoms with Crippen molar-refractivity contribution >= 4 is 0 Å². The Labute approximate surface area is 89.1 Å². The highest BCUT2D eigenvalue weighted by atomic mass is 19.1. The van der Waals surface area contributed by atoms with E-state index in [1.807, 2.05) is 0 Å². The molecule has 0 saturated carbocycles. The van der Waals surface area contributed by atoms with Gasteiger partial charge in [-0.2, -0.15) is 0 Å². The van der Waals surface area contributed by atoms with Gasteiger partial charge in [0.15, 0.2) is 0 Å². The Morgan fingerprint density at radius 1 is 1.33 bits per heavy atom. The van der Waals surface area contributed by atoms with Crippen molar-refractivity contribution < 1.29 is 9.50 Å². The van der Waals surface area contributed by atoms with Crippen LogP contribution >= 0.6 is 0 Å². The lowest BCUT2D eigenvalue weighted by atomic mass is 9.90. The molecule has 15 heavy (non-hydrogen) atoms. The number of halogens is 1. The van der Waals surface area contributed by atoms with E-state index in [0.717, 1.165) is 25.9 Å². The predicted octanol–water partition coefficient (Wildman–Crippen LogP) is 2.40. The summed E-state index contributed by atoms with van der Waals surface area (Å²) in [5.74, 6) is 0.260. The second-order valence-corrected chi connectivity index (χ2v) is 4.10. The number of piperidine rings is 1. The van der Waals surface area contributed by atoms with Gasteiger partial charge in [0.1, 0.15) is 11.9 Å². The van der Waals surface area contributed by atoms with Gasteiger partial charge in [-0.05, 0) is 37.1 Å². The molecule has 2 N–H and O–H groups in total. The maximum absolute atomic E-state index is 14.0. The van der Waals surface area contributed by atoms with Gasteiger partial charge in [0, 0.05) is 12.5 Å². The molecular formula is C12H16FNO. The maximum atomic E-state index is 14.0. The third kappa shape index (κ3) is 2.48. The van der Waals surface area contributed by atoms with E-state index in [0.29, 0.717) is 5.56 Å². The summed E-state index contributed by atoms with van der Waals surface area (Å²) in [6.45, 7) is 1.75. The number of aromatic hydroxyl groups is 1. The lowest BCUT2D eigenvalue weighted by Crippen LogP contribution is -2.32. The van der Waals surface area contributed by atoms with Crippen molar-refractivity contribution in [3.05, 3.63) is 29.8 Å². The van der Waals surface area contributed by atoms with Crippen LogP contribution in [0.3, 0.4) is 0 Å². The maximum Gasteiger partial charge on any atom is 0.129 e. The highest BCUT2D eigenvalue weighted by Gasteiger charge is 2.24. The third-order valence-corrected chi connectivity index (χ3v) is 2.96. The molecule has 2 unspecified atom stereocenters. The van der Waals surface area contributed by atoms with Gasteiger partial charge in [-0.15, -0.1) is 0 Å². The molecule has 0 aromatic heterocycles. The van der Waals surface area contributed by atoms with Crippen molar-refractivity contribution in [2.24, 2.45) is 5.92 Å². The van der Waals surface area contributed by atoms with E-state index in [1.165, 1.54) is 12.1 Å². The van der Waals surface area contributed by atoms with Crippen LogP contribution in [0.15, 0.2) is 24.3 Å². The molecule has 2 nitrogen and oxygen atoms in total. The number of phenolic OH excluding ortho intramolecular Hbond substituents is 1. The molecule has 1 heterocycles. The Balaban J connectivity index is 2.05. The van der Waals surface area contributed by atoms with Gasteiger partial charge < -0.3 is 10.4 Å². The molecule has 0 spiro atoms. The summed E-state index contributed by atoms with van der Waals surface area (Å²) in [7, 11) is 0. The van der Waals surface area contributed by atoms with Crippen LogP contribution < -0.4 is 5.32 Å². The molecule has 0 bridgehead atoms. The summed E-state index contributed by atoms with van der Waals surface area (Å²) < 4.78 is 14.0. The topological polar surface area (TPSA) is 32.3 Å². The molecule has 3 heteroatoms. The minimum atomic E-state index is -0.918. The molecule has 2 atom stereocenters. The molecule has 1 fully saturated rings. The first-order chi connectivity index (χ1) is 7.27. The van der Waals surface area contributed by atoms with Crippen molar-refractivity contribution in [3.63, 3.8) is 0 Å². The first-order valence-electron chi connectivity index (χ1n) is 5.41. The normalized spacial score (nSPS) is 23.7. The van der Waals surface area contributed by atoms with E-state index in [1.54, 1.807) is 12.1 Å². The largest absolute Gasteiger partial charge is 0.508 e. The standard InChI is InChI=1S/C12H16FNO/c13-12(10-2-1-7-14-8-10)9-3-5-11(15)6-4-9/h3-6,10,12,14-15H,1-2,7-8H2. The highest BCUT2D eigenvalue weighted by molar-refractivity contribution is 5.27. The average molecular weight is 209 g/mol. The molecule has 1 aromatic rings. The number of benzene rings is 1. The fourth-order valence-corrected chi connectivity index (χ4v) is 2.06. The van der Waals surface area contributed by atoms with Gasteiger partial charge in [0.2, 0.25) is 0 Å². The molecule has 1 saturated heterocycles. The van der Waals surface area contributed by atoms with Crippen LogP contribution in [0.5, 0.6) is 5.75 Å². The number of hydrogen-bond acceptors (Lipinski definition) is 2. The molecule has 2 rings (SSSR count). The number of alkyl halides is 1. The predicted molar refractivity (Wildman–Crippen MR) is 57.5 cm³/mol. The van der Waals surface area contributed by atoms with Gasteiger partial charge in [0.25, 0.3) is 0 Å². The Kier molecular flexibility index (Phi) is 3.21. The summed E-state index contributed by atoms with van der Waals surface area (Å²) in [5.41, 5.74) is 0.668. The van der Waals surface area contributed by atoms with Crippen LogP contribution in [-0.4, -0.2) is 18.2 Å². The van der Waals surface area contributed by atoms with Gasteiger partial charge in [0.05, 0.1) is 0 Å². The lowest BCUT2D eigenvalue weighted by Gasteiger charge is -2.26. The Morgan fingerprint density at radius 2 is 2.07 bits per heavy atom. The molecule has 1 aromatic carbocycles. The summed E-state index contributed by atoms with van der Waals surface area (Å²) in [5, 5.41) is 12.3. The molecule has 1 aliphatic rings. The Bertz CT molecular complexity index is 306. The van der Waals surface area contributed by atoms with E-state index in [9.17, 15) is 4.39 Å². The number of hydrogen-bond donors (Lipinski definition) is 2. The fourth-order valence-electron chi connectivity index (χ4n) is 2.06. The number of phenols is 1. The molecule has 0 aliphatic carbocycles. The lowest BCUT2D eigenvalue weighted by molar-refractivity contribution is 0.194. The average Bonchev–Trinajstić information content (AvgIpc) is 2.30. The van der Waals surface area contributed by atoms with Gasteiger partial charge in [-0.25, -0.2) is 4.39 Å². The Hall–Kier alpha value is -1.09. The van der Waals surface area contributed by atoms with Crippen LogP contribution in [0.4, 0.5) is 4.39 Å². The first kappa shape index (κ1) is 10.4. The van der Waals surface area contributed by atoms with E-state index >= 15 is 0 Å². The van der Waals surface area contributed by atoms with Crippen molar-refractivity contribution in [1.82, 2.24) is 5.32 Å². The summed E-state index contributed by atoms with van der Waals surface area (Å²) in [6, 6.07) is 6.40. The molecule has 0 amide bonds. The van der Waals surface area contributed by atoms with Crippen LogP contribution in [0.25, 0.3) is 0 Å². The quantitative estimate of drug-likeness (QED) is 0.784. The zero-order chi connectivity index (χ0) is 10.7. The highest BCUT2D eigenvalue weighted by Crippen LogP contribution is 2.31. The second kappa shape index (κ2) is 4.62. The van der Waals surface area contributed by atoms with Crippen molar-refractivity contribution in [1.29, 1.82) is 0 Å². The summed E-state index contributed by atoms with van der Waals surface area (Å²) >= 11 is 0. The number of rotatable bonds is 2. The smallest absolute Gasteiger partial charge is 0.129 e. The van der Waals surface area contributed by atoms with Crippen molar-refractivity contribution in [3.8, 4) is 5.75 Å². The monoisotopic (exact) mass is 209 g/mol. The zero-order valence-corrected chi connectivity index (χ0v) is 8.62. The zero-order valence-electron chi connectivity index (χ0n) is 8.62. The first-order valence-corrected chi connectivity index (χ1v) is 5.41. The minimum absolute atomic E-state index is 0.0725. The van der Waals surface area contributed by atoms with Gasteiger partial charge >= 0.3 is 0 Å². The molecule has 82 valence electrons. The second-order valence-electron chi connectivity index (χ2n) is 4.10. The van der Waals surface area contributed by atoms with Crippen LogP contribution in [-0.2, 0) is 0 Å². The molecule has 0 radical (unpaired) electrons. The minimum Gasteiger partial charge on any atom is -0.508 e. The van der Waals surface area contributed by atoms with Crippen molar-refractivity contribution in [2.45, 2.75) is 19.0 Å². The fraction of sp³-hybridized carbons (Fsp3) is 0.500. The van der Waals surface area contributed by atoms with Crippen LogP contribution in [0.1, 0.15) is 24.6 Å². The van der Waals surface area contributed by atoms with Crippen LogP contribution in [0, 0.1) is 5.92 Å². The van der Waals surface area contributed by atoms with E-state index in [-0.39, 0.29) is 11.7 Å². The molecular weight excluding hydrogens is 193 g/mol. The van der Waals surface area contributed by atoms with Gasteiger partial charge in [-0.1, -0.05) is 12.1 Å². The molecule has 1 aliphatic heterocycles. The van der Waals surface area contributed by atoms with Crippen LogP contribution in [0.2, 0.25) is 0 Å². The Morgan fingerprint density at radius 3 is 2.67 bits per heavy atom. The SMILES string of the molecule is Oc1ccc(C(F)C2CCCNC2)cc1. The third-order valence-electron chi connectivity index (χ3n) is 2.96.